The van der Waals surface area contributed by atoms with Crippen molar-refractivity contribution in [3.05, 3.63) is 0 Å². The van der Waals surface area contributed by atoms with Crippen LogP contribution in [0.5, 0.6) is 0 Å². The monoisotopic (exact) mass is 204 g/mol. The van der Waals surface area contributed by atoms with E-state index < -0.39 is 13.0 Å². The van der Waals surface area contributed by atoms with Crippen molar-refractivity contribution in [3.8, 4) is 0 Å². The zero-order chi connectivity index (χ0) is 7.21. The molecule has 0 fully saturated rings. The van der Waals surface area contributed by atoms with Gasteiger partial charge in [0.05, 0.1) is 0 Å². The average Bonchev–Trinajstić information content (AvgIpc) is 1.27. The average molecular weight is 204 g/mol. The molecule has 1 N–H and O–H groups in total. The van der Waals surface area contributed by atoms with E-state index in [1.165, 1.54) is 0 Å². The Hall–Kier alpha value is 1.48. The Morgan fingerprint density at radius 2 is 1.44 bits per heavy atom. The summed E-state index contributed by atoms with van der Waals surface area (Å²) >= 11 is -5.62. The molecule has 0 radical (unpaired) electrons. The quantitative estimate of drug-likeness (QED) is 0.401. The van der Waals surface area contributed by atoms with Gasteiger partial charge in [-0.2, -0.15) is 0 Å². The predicted octanol–water partition coefficient (Wildman–Crippen LogP) is -4.55. The first-order chi connectivity index (χ1) is 3.41. The van der Waals surface area contributed by atoms with Gasteiger partial charge in [0.1, 0.15) is 0 Å². The zero-order valence-electron chi connectivity index (χ0n) is 5.17. The van der Waals surface area contributed by atoms with Crippen LogP contribution in [0, 0.1) is 0 Å². The second-order valence-corrected chi connectivity index (χ2v) is 1.87. The summed E-state index contributed by atoms with van der Waals surface area (Å²) in [5.74, 6) is 0. The molecule has 9 heavy (non-hydrogen) atoms. The summed E-state index contributed by atoms with van der Waals surface area (Å²) in [5, 5.41) is 7.57. The van der Waals surface area contributed by atoms with E-state index in [0.29, 0.717) is 0 Å². The molecular formula is C2H6KMnO5. The first-order valence-electron chi connectivity index (χ1n) is 1.64. The third-order valence-electron chi connectivity index (χ3n) is 0. The van der Waals surface area contributed by atoms with Crippen LogP contribution in [0.4, 0.5) is 0 Å². The van der Waals surface area contributed by atoms with E-state index in [1.54, 1.807) is 6.92 Å². The second kappa shape index (κ2) is 9.48. The van der Waals surface area contributed by atoms with Crippen molar-refractivity contribution in [1.29, 1.82) is 0 Å². The number of hydrogen-bond donors (Lipinski definition) is 1. The van der Waals surface area contributed by atoms with Crippen LogP contribution >= 0.6 is 0 Å². The van der Waals surface area contributed by atoms with Crippen LogP contribution in [0.2, 0.25) is 0 Å². The summed E-state index contributed by atoms with van der Waals surface area (Å²) in [5.41, 5.74) is 0. The molecule has 0 atom stereocenters. The molecule has 5 nitrogen and oxygen atoms in total. The fourth-order valence-electron chi connectivity index (χ4n) is 0. The molecule has 52 valence electrons. The second-order valence-electron chi connectivity index (χ2n) is 0.694. The van der Waals surface area contributed by atoms with Crippen molar-refractivity contribution >= 4 is 0 Å². The van der Waals surface area contributed by atoms with Crippen LogP contribution in [0.25, 0.3) is 0 Å². The normalized spacial score (nSPS) is 8.33. The Morgan fingerprint density at radius 3 is 1.44 bits per heavy atom. The fraction of sp³-hybridized carbons (Fsp3) is 1.00. The van der Waals surface area contributed by atoms with E-state index in [0.717, 1.165) is 0 Å². The van der Waals surface area contributed by atoms with Crippen molar-refractivity contribution in [2.75, 3.05) is 6.61 Å². The molecule has 0 spiro atoms. The molecule has 7 heteroatoms. The first kappa shape index (κ1) is 16.8. The molecule has 0 aliphatic carbocycles. The third kappa shape index (κ3) is 243. The molecule has 0 aromatic rings. The standard InChI is InChI=1S/C2H6O.K.Mn.4O/c1-2-3;;;;;;/h3H,2H2,1H3;;;;;;/q;+1;;;;;-1. The molecule has 0 rings (SSSR count). The van der Waals surface area contributed by atoms with Crippen LogP contribution in [-0.2, 0) is 24.5 Å². The Bertz CT molecular complexity index is 148. The SMILES string of the molecule is CCO.[K+].[O]=[Mn](=[O])(=[O])[O-]. The van der Waals surface area contributed by atoms with Gasteiger partial charge in [0.15, 0.2) is 0 Å². The minimum absolute atomic E-state index is 0. The van der Waals surface area contributed by atoms with Gasteiger partial charge in [-0.05, 0) is 6.92 Å². The Kier molecular flexibility index (Phi) is 17.7. The van der Waals surface area contributed by atoms with Crippen molar-refractivity contribution in [3.63, 3.8) is 0 Å². The number of rotatable bonds is 0. The molecule has 0 unspecified atom stereocenters. The Labute approximate surface area is 97.0 Å². The number of aliphatic hydroxyl groups is 1. The first-order valence-corrected chi connectivity index (χ1v) is 3.57. The van der Waals surface area contributed by atoms with Gasteiger partial charge in [-0.25, -0.2) is 0 Å². The number of aliphatic hydroxyl groups excluding tert-OH is 1. The van der Waals surface area contributed by atoms with E-state index in [1.807, 2.05) is 0 Å². The van der Waals surface area contributed by atoms with Crippen molar-refractivity contribution in [2.24, 2.45) is 0 Å². The summed E-state index contributed by atoms with van der Waals surface area (Å²) in [6.07, 6.45) is 0. The van der Waals surface area contributed by atoms with Crippen LogP contribution in [-0.4, -0.2) is 11.7 Å². The van der Waals surface area contributed by atoms with Gasteiger partial charge in [-0.15, -0.1) is 0 Å². The minimum atomic E-state index is -5.62. The molecule has 0 aromatic heterocycles. The summed E-state index contributed by atoms with van der Waals surface area (Å²) in [7, 11) is 0. The maximum absolute atomic E-state index is 8.58. The Morgan fingerprint density at radius 1 is 1.44 bits per heavy atom. The van der Waals surface area contributed by atoms with Crippen molar-refractivity contribution in [1.82, 2.24) is 0 Å². The van der Waals surface area contributed by atoms with E-state index in [4.69, 9.17) is 20.8 Å². The van der Waals surface area contributed by atoms with Gasteiger partial charge in [0.25, 0.3) is 0 Å². The molecule has 0 amide bonds. The maximum atomic E-state index is 8.58. The van der Waals surface area contributed by atoms with E-state index in [9.17, 15) is 0 Å². The van der Waals surface area contributed by atoms with Gasteiger partial charge in [-0.3, -0.25) is 0 Å². The summed E-state index contributed by atoms with van der Waals surface area (Å²) < 4.78 is 34.3. The molecule has 0 aliphatic rings. The molecule has 0 bridgehead atoms. The molecule has 0 aromatic carbocycles. The fourth-order valence-corrected chi connectivity index (χ4v) is 0. The molecule has 0 aliphatic heterocycles. The van der Waals surface area contributed by atoms with Gasteiger partial charge < -0.3 is 5.11 Å². The van der Waals surface area contributed by atoms with Crippen LogP contribution in [0.1, 0.15) is 6.92 Å². The van der Waals surface area contributed by atoms with Gasteiger partial charge in [0, 0.05) is 6.61 Å². The van der Waals surface area contributed by atoms with Crippen molar-refractivity contribution < 1.29 is 85.2 Å². The van der Waals surface area contributed by atoms with E-state index >= 15 is 0 Å². The molecule has 0 heterocycles. The molecule has 0 saturated heterocycles. The van der Waals surface area contributed by atoms with Gasteiger partial charge >= 0.3 is 80.0 Å². The third-order valence-corrected chi connectivity index (χ3v) is 0. The molecular weight excluding hydrogens is 198 g/mol. The Balaban J connectivity index is -0.0000000800. The van der Waals surface area contributed by atoms with Crippen LogP contribution in [0.15, 0.2) is 0 Å². The zero-order valence-corrected chi connectivity index (χ0v) is 9.47. The van der Waals surface area contributed by atoms with Gasteiger partial charge in [-0.1, -0.05) is 0 Å². The summed E-state index contributed by atoms with van der Waals surface area (Å²) in [6, 6.07) is 0. The topological polar surface area (TPSA) is 94.5 Å². The van der Waals surface area contributed by atoms with Crippen molar-refractivity contribution in [2.45, 2.75) is 6.92 Å². The predicted molar refractivity (Wildman–Crippen MR) is 14.8 cm³/mol. The van der Waals surface area contributed by atoms with E-state index in [2.05, 4.69) is 0 Å². The van der Waals surface area contributed by atoms with Gasteiger partial charge in [0.2, 0.25) is 0 Å². The number of hydrogen-bond acceptors (Lipinski definition) is 5. The van der Waals surface area contributed by atoms with Crippen LogP contribution < -0.4 is 55.6 Å². The summed E-state index contributed by atoms with van der Waals surface area (Å²) in [4.78, 5) is 0. The summed E-state index contributed by atoms with van der Waals surface area (Å²) in [6.45, 7) is 1.93. The van der Waals surface area contributed by atoms with Crippen LogP contribution in [0.3, 0.4) is 0 Å². The molecule has 0 saturated carbocycles. The van der Waals surface area contributed by atoms with E-state index in [-0.39, 0.29) is 58.0 Å².